The van der Waals surface area contributed by atoms with Crippen molar-refractivity contribution >= 4 is 17.2 Å². The molecule has 0 aliphatic rings. The largest absolute Gasteiger partial charge is 0.292 e. The van der Waals surface area contributed by atoms with Crippen LogP contribution in [-0.2, 0) is 11.2 Å². The van der Waals surface area contributed by atoms with Crippen LogP contribution in [0.15, 0.2) is 40.5 Å². The van der Waals surface area contributed by atoms with Gasteiger partial charge >= 0.3 is 0 Å². The first-order chi connectivity index (χ1) is 9.54. The van der Waals surface area contributed by atoms with Crippen molar-refractivity contribution in [1.82, 2.24) is 0 Å². The highest BCUT2D eigenvalue weighted by molar-refractivity contribution is 6.39. The molecule has 0 aromatic heterocycles. The van der Waals surface area contributed by atoms with Crippen LogP contribution in [0.1, 0.15) is 46.1 Å². The molecule has 0 heterocycles. The van der Waals surface area contributed by atoms with Gasteiger partial charge in [-0.05, 0) is 18.9 Å². The molecule has 0 atom stereocenters. The second-order valence-electron chi connectivity index (χ2n) is 5.28. The van der Waals surface area contributed by atoms with E-state index in [1.807, 2.05) is 32.0 Å². The van der Waals surface area contributed by atoms with Crippen LogP contribution >= 0.6 is 0 Å². The van der Waals surface area contributed by atoms with Gasteiger partial charge in [-0.1, -0.05) is 57.5 Å². The van der Waals surface area contributed by atoms with Gasteiger partial charge in [0.15, 0.2) is 5.78 Å². The van der Waals surface area contributed by atoms with Gasteiger partial charge in [0.1, 0.15) is 5.71 Å². The second kappa shape index (κ2) is 8.41. The van der Waals surface area contributed by atoms with E-state index in [1.54, 1.807) is 6.92 Å². The third kappa shape index (κ3) is 5.47. The van der Waals surface area contributed by atoms with Crippen molar-refractivity contribution in [3.05, 3.63) is 35.9 Å². The van der Waals surface area contributed by atoms with Gasteiger partial charge < -0.3 is 0 Å². The smallest absolute Gasteiger partial charge is 0.181 e. The Hall–Kier alpha value is -1.77. The number of carbonyl (C=O) groups is 1. The summed E-state index contributed by atoms with van der Waals surface area (Å²) in [7, 11) is 0. The zero-order valence-corrected chi connectivity index (χ0v) is 12.9. The summed E-state index contributed by atoms with van der Waals surface area (Å²) in [5.74, 6) is 0.0296. The molecule has 0 N–H and O–H groups in total. The molecule has 108 valence electrons. The predicted octanol–water partition coefficient (Wildman–Crippen LogP) is 4.07. The molecular formula is C17H24N2O. The number of benzene rings is 1. The lowest BCUT2D eigenvalue weighted by Crippen LogP contribution is -2.16. The second-order valence-corrected chi connectivity index (χ2v) is 5.28. The first-order valence-corrected chi connectivity index (χ1v) is 7.22. The lowest BCUT2D eigenvalue weighted by atomic mass is 10.1. The minimum Gasteiger partial charge on any atom is -0.292 e. The molecule has 0 unspecified atom stereocenters. The summed E-state index contributed by atoms with van der Waals surface area (Å²) >= 11 is 0. The highest BCUT2D eigenvalue weighted by atomic mass is 16.1. The van der Waals surface area contributed by atoms with Crippen LogP contribution in [0.2, 0.25) is 0 Å². The van der Waals surface area contributed by atoms with Crippen molar-refractivity contribution in [3.8, 4) is 0 Å². The Bertz CT molecular complexity index is 487. The summed E-state index contributed by atoms with van der Waals surface area (Å²) in [6, 6.07) is 10.2. The quantitative estimate of drug-likeness (QED) is 0.545. The van der Waals surface area contributed by atoms with E-state index in [1.165, 1.54) is 5.56 Å². The van der Waals surface area contributed by atoms with Crippen LogP contribution in [0, 0.1) is 5.92 Å². The highest BCUT2D eigenvalue weighted by Crippen LogP contribution is 2.06. The number of hydrogen-bond acceptors (Lipinski definition) is 3. The molecule has 0 saturated heterocycles. The van der Waals surface area contributed by atoms with Gasteiger partial charge in [-0.2, -0.15) is 10.2 Å². The van der Waals surface area contributed by atoms with Crippen LogP contribution < -0.4 is 0 Å². The van der Waals surface area contributed by atoms with Gasteiger partial charge in [-0.15, -0.1) is 0 Å². The fourth-order valence-corrected chi connectivity index (χ4v) is 1.91. The Balaban J connectivity index is 2.82. The van der Waals surface area contributed by atoms with Gasteiger partial charge in [-0.3, -0.25) is 4.79 Å². The van der Waals surface area contributed by atoms with E-state index in [9.17, 15) is 4.79 Å². The fourth-order valence-electron chi connectivity index (χ4n) is 1.91. The first kappa shape index (κ1) is 16.3. The minimum atomic E-state index is -0.0299. The number of rotatable bonds is 7. The molecule has 0 amide bonds. The summed E-state index contributed by atoms with van der Waals surface area (Å²) in [6.45, 7) is 7.61. The average molecular weight is 272 g/mol. The third-order valence-electron chi connectivity index (χ3n) is 3.01. The summed E-state index contributed by atoms with van der Waals surface area (Å²) < 4.78 is 0. The van der Waals surface area contributed by atoms with Crippen LogP contribution in [0.4, 0.5) is 0 Å². The van der Waals surface area contributed by atoms with Gasteiger partial charge in [0, 0.05) is 18.1 Å². The molecule has 0 aliphatic carbocycles. The molecule has 0 bridgehead atoms. The maximum Gasteiger partial charge on any atom is 0.181 e. The average Bonchev–Trinajstić information content (AvgIpc) is 2.44. The van der Waals surface area contributed by atoms with Gasteiger partial charge in [0.05, 0.1) is 0 Å². The molecule has 0 spiro atoms. The SMILES string of the molecule is CCC/C(Cc1ccccc1)=N\N=C(/C)C(=O)C(C)C. The Morgan fingerprint density at radius 3 is 2.35 bits per heavy atom. The van der Waals surface area contributed by atoms with Crippen molar-refractivity contribution in [2.45, 2.75) is 47.0 Å². The zero-order chi connectivity index (χ0) is 15.0. The Morgan fingerprint density at radius 1 is 1.15 bits per heavy atom. The summed E-state index contributed by atoms with van der Waals surface area (Å²) in [6.07, 6.45) is 2.72. The van der Waals surface area contributed by atoms with E-state index < -0.39 is 0 Å². The Kier molecular flexibility index (Phi) is 6.85. The standard InChI is InChI=1S/C17H24N2O/c1-5-9-16(12-15-10-7-6-8-11-15)19-18-14(4)17(20)13(2)3/h6-8,10-11,13H,5,9,12H2,1-4H3/b18-14+,19-16+. The van der Waals surface area contributed by atoms with Crippen LogP contribution in [0.5, 0.6) is 0 Å². The van der Waals surface area contributed by atoms with Crippen molar-refractivity contribution in [2.24, 2.45) is 16.1 Å². The van der Waals surface area contributed by atoms with E-state index in [-0.39, 0.29) is 11.7 Å². The van der Waals surface area contributed by atoms with Crippen molar-refractivity contribution < 1.29 is 4.79 Å². The molecule has 3 heteroatoms. The van der Waals surface area contributed by atoms with E-state index in [0.717, 1.165) is 25.0 Å². The van der Waals surface area contributed by atoms with Crippen LogP contribution in [0.3, 0.4) is 0 Å². The monoisotopic (exact) mass is 272 g/mol. The number of hydrogen-bond donors (Lipinski definition) is 0. The van der Waals surface area contributed by atoms with Gasteiger partial charge in [0.2, 0.25) is 0 Å². The summed E-state index contributed by atoms with van der Waals surface area (Å²) in [5, 5.41) is 8.41. The molecular weight excluding hydrogens is 248 g/mol. The molecule has 1 rings (SSSR count). The van der Waals surface area contributed by atoms with Crippen molar-refractivity contribution in [1.29, 1.82) is 0 Å². The van der Waals surface area contributed by atoms with Crippen molar-refractivity contribution in [3.63, 3.8) is 0 Å². The first-order valence-electron chi connectivity index (χ1n) is 7.22. The van der Waals surface area contributed by atoms with Crippen molar-refractivity contribution in [2.75, 3.05) is 0 Å². The molecule has 0 fully saturated rings. The predicted molar refractivity (Wildman–Crippen MR) is 85.4 cm³/mol. The van der Waals surface area contributed by atoms with E-state index in [4.69, 9.17) is 0 Å². The van der Waals surface area contributed by atoms with E-state index >= 15 is 0 Å². The lowest BCUT2D eigenvalue weighted by Gasteiger charge is -2.05. The summed E-state index contributed by atoms with van der Waals surface area (Å²) in [4.78, 5) is 11.8. The zero-order valence-electron chi connectivity index (χ0n) is 12.9. The molecule has 20 heavy (non-hydrogen) atoms. The van der Waals surface area contributed by atoms with Crippen LogP contribution in [-0.4, -0.2) is 17.2 Å². The van der Waals surface area contributed by atoms with E-state index in [2.05, 4.69) is 29.3 Å². The summed E-state index contributed by atoms with van der Waals surface area (Å²) in [5.41, 5.74) is 2.74. The maximum absolute atomic E-state index is 11.8. The molecule has 3 nitrogen and oxygen atoms in total. The fraction of sp³-hybridized carbons (Fsp3) is 0.471. The Labute approximate surface area is 121 Å². The normalized spacial score (nSPS) is 12.8. The molecule has 0 radical (unpaired) electrons. The highest BCUT2D eigenvalue weighted by Gasteiger charge is 2.10. The Morgan fingerprint density at radius 2 is 1.80 bits per heavy atom. The minimum absolute atomic E-state index is 0.0299. The van der Waals surface area contributed by atoms with E-state index in [0.29, 0.717) is 5.71 Å². The topological polar surface area (TPSA) is 41.8 Å². The van der Waals surface area contributed by atoms with Gasteiger partial charge in [-0.25, -0.2) is 0 Å². The molecule has 0 aliphatic heterocycles. The number of nitrogens with zero attached hydrogens (tertiary/aromatic N) is 2. The molecule has 0 saturated carbocycles. The molecule has 1 aromatic rings. The van der Waals surface area contributed by atoms with Gasteiger partial charge in [0.25, 0.3) is 0 Å². The number of ketones is 1. The lowest BCUT2D eigenvalue weighted by molar-refractivity contribution is -0.115. The molecule has 1 aromatic carbocycles. The van der Waals surface area contributed by atoms with Crippen LogP contribution in [0.25, 0.3) is 0 Å². The third-order valence-corrected chi connectivity index (χ3v) is 3.01. The maximum atomic E-state index is 11.8. The number of Topliss-reactive ketones (excluding diaryl/α,β-unsaturated/α-hetero) is 1. The number of carbonyl (C=O) groups excluding carboxylic acids is 1.